The Morgan fingerprint density at radius 2 is 2.00 bits per heavy atom. The van der Waals surface area contributed by atoms with Crippen molar-refractivity contribution in [2.75, 3.05) is 5.32 Å². The summed E-state index contributed by atoms with van der Waals surface area (Å²) in [4.78, 5) is 25.1. The number of aryl methyl sites for hydroxylation is 2. The van der Waals surface area contributed by atoms with Crippen LogP contribution in [0.15, 0.2) is 44.4 Å². The first kappa shape index (κ1) is 15.5. The van der Waals surface area contributed by atoms with Crippen LogP contribution in [0.4, 0.5) is 10.5 Å². The Labute approximate surface area is 139 Å². The molecule has 3 aromatic rings. The van der Waals surface area contributed by atoms with Crippen LogP contribution in [0, 0.1) is 13.8 Å². The van der Waals surface area contributed by atoms with Gasteiger partial charge in [-0.3, -0.25) is 9.89 Å². The van der Waals surface area contributed by atoms with Crippen molar-refractivity contribution in [3.05, 3.63) is 51.4 Å². The Hall–Kier alpha value is -2.39. The maximum absolute atomic E-state index is 12.4. The van der Waals surface area contributed by atoms with Crippen molar-refractivity contribution in [2.45, 2.75) is 23.1 Å². The topological polar surface area (TPSA) is 92.7 Å². The van der Waals surface area contributed by atoms with Gasteiger partial charge in [-0.25, -0.2) is 4.79 Å². The van der Waals surface area contributed by atoms with Gasteiger partial charge in [-0.15, -0.1) is 10.2 Å². The molecule has 0 bridgehead atoms. The molecule has 7 nitrogen and oxygen atoms in total. The minimum absolute atomic E-state index is 0.409. The number of hydrogen-bond donors (Lipinski definition) is 2. The van der Waals surface area contributed by atoms with E-state index in [4.69, 9.17) is 0 Å². The van der Waals surface area contributed by atoms with Crippen molar-refractivity contribution in [1.82, 2.24) is 20.0 Å². The predicted molar refractivity (Wildman–Crippen MR) is 89.4 cm³/mol. The molecule has 118 valence electrons. The summed E-state index contributed by atoms with van der Waals surface area (Å²) >= 11 is 2.60. The number of rotatable bonds is 3. The number of amides is 1. The SMILES string of the molecule is Cc1nnc(Sc2c(C)[nH]n(C(=O)Nc3ccccc3)c2=O)s1. The summed E-state index contributed by atoms with van der Waals surface area (Å²) in [5.74, 6) is 0. The third kappa shape index (κ3) is 3.35. The fourth-order valence-corrected chi connectivity index (χ4v) is 3.73. The van der Waals surface area contributed by atoms with Crippen LogP contribution in [-0.2, 0) is 0 Å². The summed E-state index contributed by atoms with van der Waals surface area (Å²) in [5, 5.41) is 14.2. The molecule has 3 rings (SSSR count). The zero-order valence-electron chi connectivity index (χ0n) is 12.4. The first-order valence-electron chi connectivity index (χ1n) is 6.70. The van der Waals surface area contributed by atoms with Crippen LogP contribution in [0.1, 0.15) is 10.7 Å². The number of benzene rings is 1. The van der Waals surface area contributed by atoms with E-state index in [1.54, 1.807) is 31.2 Å². The number of nitrogens with one attached hydrogen (secondary N) is 2. The van der Waals surface area contributed by atoms with Crippen molar-refractivity contribution >= 4 is 34.8 Å². The van der Waals surface area contributed by atoms with E-state index in [1.807, 2.05) is 13.0 Å². The number of hydrogen-bond acceptors (Lipinski definition) is 6. The number of carbonyl (C=O) groups excluding carboxylic acids is 1. The molecule has 0 atom stereocenters. The van der Waals surface area contributed by atoms with Crippen LogP contribution in [0.3, 0.4) is 0 Å². The van der Waals surface area contributed by atoms with E-state index >= 15 is 0 Å². The molecule has 2 N–H and O–H groups in total. The Kier molecular flexibility index (Phi) is 4.30. The Morgan fingerprint density at radius 3 is 2.65 bits per heavy atom. The molecule has 2 heterocycles. The number of anilines is 1. The van der Waals surface area contributed by atoms with Crippen LogP contribution in [-0.4, -0.2) is 26.0 Å². The van der Waals surface area contributed by atoms with Gasteiger partial charge in [0.2, 0.25) is 0 Å². The van der Waals surface area contributed by atoms with Gasteiger partial charge in [0.25, 0.3) is 5.56 Å². The molecule has 0 aliphatic carbocycles. The molecule has 0 aliphatic rings. The van der Waals surface area contributed by atoms with Gasteiger partial charge < -0.3 is 5.32 Å². The van der Waals surface area contributed by atoms with E-state index in [9.17, 15) is 9.59 Å². The molecule has 0 fully saturated rings. The standard InChI is InChI=1S/C14H13N5O2S2/c1-8-11(23-14-17-16-9(2)22-14)12(20)19(18-8)13(21)15-10-6-4-3-5-7-10/h3-7,18H,1-2H3,(H,15,21). The van der Waals surface area contributed by atoms with Crippen LogP contribution >= 0.6 is 23.1 Å². The van der Waals surface area contributed by atoms with Gasteiger partial charge in [-0.05, 0) is 37.7 Å². The number of para-hydroxylation sites is 1. The largest absolute Gasteiger partial charge is 0.348 e. The molecule has 2 aromatic heterocycles. The monoisotopic (exact) mass is 347 g/mol. The first-order valence-corrected chi connectivity index (χ1v) is 8.34. The maximum Gasteiger partial charge on any atom is 0.348 e. The second-order valence-corrected chi connectivity index (χ2v) is 7.13. The lowest BCUT2D eigenvalue weighted by Gasteiger charge is -2.03. The number of carbonyl (C=O) groups is 1. The van der Waals surface area contributed by atoms with Gasteiger partial charge >= 0.3 is 6.03 Å². The van der Waals surface area contributed by atoms with Crippen molar-refractivity contribution < 1.29 is 4.79 Å². The molecule has 1 aromatic carbocycles. The van der Waals surface area contributed by atoms with Crippen molar-refractivity contribution in [3.8, 4) is 0 Å². The average molecular weight is 347 g/mol. The van der Waals surface area contributed by atoms with Crippen molar-refractivity contribution in [2.24, 2.45) is 0 Å². The first-order chi connectivity index (χ1) is 11.0. The van der Waals surface area contributed by atoms with Crippen LogP contribution in [0.25, 0.3) is 0 Å². The number of nitrogens with zero attached hydrogens (tertiary/aromatic N) is 3. The van der Waals surface area contributed by atoms with Gasteiger partial charge in [0.15, 0.2) is 4.34 Å². The second-order valence-electron chi connectivity index (χ2n) is 4.69. The van der Waals surface area contributed by atoms with Crippen LogP contribution in [0.5, 0.6) is 0 Å². The lowest BCUT2D eigenvalue weighted by atomic mass is 10.3. The third-order valence-corrected chi connectivity index (χ3v) is 5.02. The van der Waals surface area contributed by atoms with Gasteiger partial charge in [-0.2, -0.15) is 4.68 Å². The number of aromatic nitrogens is 4. The minimum atomic E-state index is -0.537. The normalized spacial score (nSPS) is 10.7. The molecular weight excluding hydrogens is 334 g/mol. The summed E-state index contributed by atoms with van der Waals surface area (Å²) in [6, 6.07) is 8.41. The quantitative estimate of drug-likeness (QED) is 0.760. The van der Waals surface area contributed by atoms with E-state index in [0.29, 0.717) is 20.6 Å². The zero-order valence-corrected chi connectivity index (χ0v) is 14.0. The van der Waals surface area contributed by atoms with Crippen LogP contribution in [0.2, 0.25) is 0 Å². The van der Waals surface area contributed by atoms with E-state index in [2.05, 4.69) is 20.6 Å². The van der Waals surface area contributed by atoms with E-state index < -0.39 is 11.6 Å². The molecule has 1 amide bonds. The Balaban J connectivity index is 1.85. The van der Waals surface area contributed by atoms with Gasteiger partial charge in [0.05, 0.1) is 0 Å². The summed E-state index contributed by atoms with van der Waals surface area (Å²) in [5.41, 5.74) is 0.815. The van der Waals surface area contributed by atoms with Crippen LogP contribution < -0.4 is 10.9 Å². The summed E-state index contributed by atoms with van der Waals surface area (Å²) in [6.45, 7) is 3.58. The highest BCUT2D eigenvalue weighted by atomic mass is 32.2. The summed E-state index contributed by atoms with van der Waals surface area (Å²) in [6.07, 6.45) is 0. The fraction of sp³-hybridized carbons (Fsp3) is 0.143. The third-order valence-electron chi connectivity index (χ3n) is 2.94. The molecule has 0 saturated carbocycles. The molecule has 0 radical (unpaired) electrons. The van der Waals surface area contributed by atoms with Gasteiger partial charge in [0, 0.05) is 11.4 Å². The Morgan fingerprint density at radius 1 is 1.26 bits per heavy atom. The molecule has 9 heteroatoms. The predicted octanol–water partition coefficient (Wildman–Crippen LogP) is 2.88. The zero-order chi connectivity index (χ0) is 16.4. The number of aromatic amines is 1. The Bertz CT molecular complexity index is 898. The number of H-pyrrole nitrogens is 1. The van der Waals surface area contributed by atoms with E-state index in [-0.39, 0.29) is 0 Å². The molecule has 0 unspecified atom stereocenters. The van der Waals surface area contributed by atoms with E-state index in [0.717, 1.165) is 9.69 Å². The summed E-state index contributed by atoms with van der Waals surface area (Å²) in [7, 11) is 0. The molecular formula is C14H13N5O2S2. The lowest BCUT2D eigenvalue weighted by Crippen LogP contribution is -2.30. The highest BCUT2D eigenvalue weighted by Gasteiger charge is 2.18. The lowest BCUT2D eigenvalue weighted by molar-refractivity contribution is 0.250. The maximum atomic E-state index is 12.4. The average Bonchev–Trinajstić information content (AvgIpc) is 3.06. The van der Waals surface area contributed by atoms with E-state index in [1.165, 1.54) is 23.1 Å². The minimum Gasteiger partial charge on any atom is -0.306 e. The second kappa shape index (κ2) is 6.39. The molecule has 0 spiro atoms. The van der Waals surface area contributed by atoms with Gasteiger partial charge in [0.1, 0.15) is 9.90 Å². The molecule has 0 saturated heterocycles. The molecule has 0 aliphatic heterocycles. The highest BCUT2D eigenvalue weighted by Crippen LogP contribution is 2.29. The van der Waals surface area contributed by atoms with Crippen molar-refractivity contribution in [1.29, 1.82) is 0 Å². The highest BCUT2D eigenvalue weighted by molar-refractivity contribution is 8.01. The molecule has 23 heavy (non-hydrogen) atoms. The summed E-state index contributed by atoms with van der Waals surface area (Å²) < 4.78 is 1.62. The van der Waals surface area contributed by atoms with Crippen molar-refractivity contribution in [3.63, 3.8) is 0 Å². The smallest absolute Gasteiger partial charge is 0.306 e. The van der Waals surface area contributed by atoms with Gasteiger partial charge in [-0.1, -0.05) is 29.5 Å². The fourth-order valence-electron chi connectivity index (χ4n) is 1.90.